The molecule has 0 unspecified atom stereocenters. The van der Waals surface area contributed by atoms with Gasteiger partial charge in [0.1, 0.15) is 0 Å². The Kier molecular flexibility index (Phi) is 6.22. The highest BCUT2D eigenvalue weighted by Crippen LogP contribution is 2.09. The molecule has 0 aliphatic heterocycles. The third-order valence-electron chi connectivity index (χ3n) is 3.02. The fourth-order valence-electron chi connectivity index (χ4n) is 1.70. The molecule has 0 aliphatic rings. The molecule has 0 fully saturated rings. The van der Waals surface area contributed by atoms with E-state index in [-0.39, 0.29) is 11.7 Å². The maximum Gasteiger partial charge on any atom is 0.216 e. The summed E-state index contributed by atoms with van der Waals surface area (Å²) in [6.07, 6.45) is 0.819. The molecular weight excluding hydrogens is 240 g/mol. The number of ketones is 1. The van der Waals surface area contributed by atoms with Crippen LogP contribution in [-0.4, -0.2) is 31.3 Å². The second kappa shape index (κ2) is 7.69. The number of hydrogen-bond acceptors (Lipinski definition) is 3. The summed E-state index contributed by atoms with van der Waals surface area (Å²) in [5, 5.41) is 5.81. The van der Waals surface area contributed by atoms with Crippen LogP contribution in [0.4, 0.5) is 0 Å². The van der Waals surface area contributed by atoms with Crippen molar-refractivity contribution in [2.24, 2.45) is 0 Å². The molecule has 2 N–H and O–H groups in total. The molecular formula is C15H22N2O2. The van der Waals surface area contributed by atoms with Crippen LogP contribution < -0.4 is 10.6 Å². The average molecular weight is 262 g/mol. The largest absolute Gasteiger partial charge is 0.356 e. The van der Waals surface area contributed by atoms with Crippen LogP contribution in [0, 0.1) is 13.8 Å². The van der Waals surface area contributed by atoms with E-state index >= 15 is 0 Å². The Hall–Kier alpha value is -1.68. The number of aryl methyl sites for hydroxylation is 2. The van der Waals surface area contributed by atoms with Gasteiger partial charge in [-0.25, -0.2) is 0 Å². The van der Waals surface area contributed by atoms with Gasteiger partial charge in [0.2, 0.25) is 5.91 Å². The van der Waals surface area contributed by atoms with E-state index in [4.69, 9.17) is 0 Å². The SMILES string of the molecule is CC(=O)NCCCNCC(=O)c1ccc(C)c(C)c1. The van der Waals surface area contributed by atoms with Crippen molar-refractivity contribution < 1.29 is 9.59 Å². The third kappa shape index (κ3) is 5.66. The Labute approximate surface area is 114 Å². The number of benzene rings is 1. The number of carbonyl (C=O) groups excluding carboxylic acids is 2. The van der Waals surface area contributed by atoms with Gasteiger partial charge in [-0.1, -0.05) is 12.1 Å². The van der Waals surface area contributed by atoms with Crippen LogP contribution in [0.15, 0.2) is 18.2 Å². The number of amides is 1. The minimum absolute atomic E-state index is 0.0220. The Morgan fingerprint density at radius 3 is 2.47 bits per heavy atom. The fraction of sp³-hybridized carbons (Fsp3) is 0.467. The van der Waals surface area contributed by atoms with Crippen LogP contribution in [0.2, 0.25) is 0 Å². The molecule has 0 heterocycles. The zero-order valence-electron chi connectivity index (χ0n) is 11.9. The Bertz CT molecular complexity index is 455. The Balaban J connectivity index is 2.27. The van der Waals surface area contributed by atoms with Gasteiger partial charge in [0.25, 0.3) is 0 Å². The zero-order chi connectivity index (χ0) is 14.3. The van der Waals surface area contributed by atoms with E-state index in [1.807, 2.05) is 32.0 Å². The summed E-state index contributed by atoms with van der Waals surface area (Å²) in [6.45, 7) is 7.23. The molecule has 1 rings (SSSR count). The fourth-order valence-corrected chi connectivity index (χ4v) is 1.70. The Morgan fingerprint density at radius 1 is 1.11 bits per heavy atom. The van der Waals surface area contributed by atoms with E-state index in [1.54, 1.807) is 0 Å². The maximum absolute atomic E-state index is 11.9. The molecule has 0 aliphatic carbocycles. The molecule has 19 heavy (non-hydrogen) atoms. The molecule has 0 saturated heterocycles. The van der Waals surface area contributed by atoms with Crippen LogP contribution in [0.1, 0.15) is 34.8 Å². The second-order valence-electron chi connectivity index (χ2n) is 4.74. The molecule has 1 aromatic rings. The predicted octanol–water partition coefficient (Wildman–Crippen LogP) is 1.60. The number of carbonyl (C=O) groups is 2. The van der Waals surface area contributed by atoms with Crippen LogP contribution in [-0.2, 0) is 4.79 Å². The summed E-state index contributed by atoms with van der Waals surface area (Å²) < 4.78 is 0. The third-order valence-corrected chi connectivity index (χ3v) is 3.02. The molecule has 4 heteroatoms. The van der Waals surface area contributed by atoms with Gasteiger partial charge < -0.3 is 10.6 Å². The highest BCUT2D eigenvalue weighted by molar-refractivity contribution is 5.97. The van der Waals surface area contributed by atoms with E-state index in [0.717, 1.165) is 24.1 Å². The van der Waals surface area contributed by atoms with Crippen molar-refractivity contribution in [3.05, 3.63) is 34.9 Å². The molecule has 104 valence electrons. The second-order valence-corrected chi connectivity index (χ2v) is 4.74. The van der Waals surface area contributed by atoms with Crippen molar-refractivity contribution >= 4 is 11.7 Å². The van der Waals surface area contributed by atoms with Crippen LogP contribution in [0.5, 0.6) is 0 Å². The summed E-state index contributed by atoms with van der Waals surface area (Å²) in [5.74, 6) is 0.0776. The first-order chi connectivity index (χ1) is 9.00. The van der Waals surface area contributed by atoms with Crippen LogP contribution in [0.25, 0.3) is 0 Å². The van der Waals surface area contributed by atoms with E-state index in [1.165, 1.54) is 12.5 Å². The van der Waals surface area contributed by atoms with Gasteiger partial charge >= 0.3 is 0 Å². The summed E-state index contributed by atoms with van der Waals surface area (Å²) >= 11 is 0. The molecule has 0 radical (unpaired) electrons. The number of Topliss-reactive ketones (excluding diaryl/α,β-unsaturated/α-hetero) is 1. The molecule has 0 spiro atoms. The number of nitrogens with one attached hydrogen (secondary N) is 2. The summed E-state index contributed by atoms with van der Waals surface area (Å²) in [7, 11) is 0. The predicted molar refractivity (Wildman–Crippen MR) is 76.4 cm³/mol. The first-order valence-corrected chi connectivity index (χ1v) is 6.56. The Morgan fingerprint density at radius 2 is 1.84 bits per heavy atom. The topological polar surface area (TPSA) is 58.2 Å². The lowest BCUT2D eigenvalue weighted by atomic mass is 10.0. The molecule has 0 aromatic heterocycles. The minimum atomic E-state index is -0.0220. The lowest BCUT2D eigenvalue weighted by molar-refractivity contribution is -0.118. The van der Waals surface area contributed by atoms with Gasteiger partial charge in [-0.05, 0) is 44.0 Å². The van der Waals surface area contributed by atoms with Gasteiger partial charge in [-0.15, -0.1) is 0 Å². The molecule has 0 atom stereocenters. The van der Waals surface area contributed by atoms with Gasteiger partial charge in [0.15, 0.2) is 5.78 Å². The quantitative estimate of drug-likeness (QED) is 0.579. The molecule has 0 bridgehead atoms. The zero-order valence-corrected chi connectivity index (χ0v) is 11.9. The highest BCUT2D eigenvalue weighted by atomic mass is 16.1. The van der Waals surface area contributed by atoms with Crippen molar-refractivity contribution in [3.63, 3.8) is 0 Å². The van der Waals surface area contributed by atoms with E-state index in [0.29, 0.717) is 13.1 Å². The van der Waals surface area contributed by atoms with Crippen molar-refractivity contribution in [3.8, 4) is 0 Å². The van der Waals surface area contributed by atoms with Crippen LogP contribution in [0.3, 0.4) is 0 Å². The number of hydrogen-bond donors (Lipinski definition) is 2. The van der Waals surface area contributed by atoms with Crippen molar-refractivity contribution in [2.45, 2.75) is 27.2 Å². The maximum atomic E-state index is 11.9. The first-order valence-electron chi connectivity index (χ1n) is 6.56. The van der Waals surface area contributed by atoms with Crippen LogP contribution >= 0.6 is 0 Å². The van der Waals surface area contributed by atoms with Gasteiger partial charge in [0.05, 0.1) is 6.54 Å². The smallest absolute Gasteiger partial charge is 0.216 e. The molecule has 4 nitrogen and oxygen atoms in total. The standard InChI is InChI=1S/C15H22N2O2/c1-11-5-6-14(9-12(11)2)15(19)10-16-7-4-8-17-13(3)18/h5-6,9,16H,4,7-8,10H2,1-3H3,(H,17,18). The molecule has 0 saturated carbocycles. The van der Waals surface area contributed by atoms with E-state index < -0.39 is 0 Å². The molecule has 1 aromatic carbocycles. The summed E-state index contributed by atoms with van der Waals surface area (Å²) in [5.41, 5.74) is 3.08. The highest BCUT2D eigenvalue weighted by Gasteiger charge is 2.06. The lowest BCUT2D eigenvalue weighted by Crippen LogP contribution is -2.28. The van der Waals surface area contributed by atoms with Crippen molar-refractivity contribution in [1.82, 2.24) is 10.6 Å². The van der Waals surface area contributed by atoms with Gasteiger partial charge in [0, 0.05) is 19.0 Å². The average Bonchev–Trinajstić information content (AvgIpc) is 2.36. The molecule has 1 amide bonds. The van der Waals surface area contributed by atoms with Gasteiger partial charge in [-0.2, -0.15) is 0 Å². The van der Waals surface area contributed by atoms with E-state index in [2.05, 4.69) is 10.6 Å². The van der Waals surface area contributed by atoms with Crippen molar-refractivity contribution in [1.29, 1.82) is 0 Å². The first kappa shape index (κ1) is 15.4. The van der Waals surface area contributed by atoms with E-state index in [9.17, 15) is 9.59 Å². The van der Waals surface area contributed by atoms with Crippen molar-refractivity contribution in [2.75, 3.05) is 19.6 Å². The monoisotopic (exact) mass is 262 g/mol. The minimum Gasteiger partial charge on any atom is -0.356 e. The summed E-state index contributed by atoms with van der Waals surface area (Å²) in [6, 6.07) is 5.76. The lowest BCUT2D eigenvalue weighted by Gasteiger charge is -2.06. The number of rotatable bonds is 7. The normalized spacial score (nSPS) is 10.3. The van der Waals surface area contributed by atoms with Gasteiger partial charge in [-0.3, -0.25) is 9.59 Å². The summed E-state index contributed by atoms with van der Waals surface area (Å²) in [4.78, 5) is 22.6.